The van der Waals surface area contributed by atoms with Crippen LogP contribution in [-0.2, 0) is 14.8 Å². The van der Waals surface area contributed by atoms with Gasteiger partial charge in [-0.3, -0.25) is 4.79 Å². The minimum atomic E-state index is -3.75. The molecule has 1 amide bonds. The lowest BCUT2D eigenvalue weighted by Crippen LogP contribution is -2.65. The molecule has 0 aliphatic carbocycles. The molecule has 1 fully saturated rings. The maximum atomic E-state index is 12.2. The average Bonchev–Trinajstić information content (AvgIpc) is 2.72. The Hall–Kier alpha value is -1.10. The minimum Gasteiger partial charge on any atom is -0.387 e. The number of carbonyl (C=O) groups is 1. The van der Waals surface area contributed by atoms with Crippen LogP contribution < -0.4 is 5.32 Å². The average molecular weight is 320 g/mol. The largest absolute Gasteiger partial charge is 0.387 e. The van der Waals surface area contributed by atoms with E-state index in [1.165, 1.54) is 6.92 Å². The molecule has 0 unspecified atom stereocenters. The van der Waals surface area contributed by atoms with E-state index in [4.69, 9.17) is 0 Å². The summed E-state index contributed by atoms with van der Waals surface area (Å²) in [5, 5.41) is 19.8. The zero-order valence-corrected chi connectivity index (χ0v) is 13.0. The van der Waals surface area contributed by atoms with E-state index < -0.39 is 15.6 Å². The van der Waals surface area contributed by atoms with Gasteiger partial charge in [-0.1, -0.05) is 25.2 Å². The summed E-state index contributed by atoms with van der Waals surface area (Å²) in [5.74, 6) is -0.374. The summed E-state index contributed by atoms with van der Waals surface area (Å²) in [5.41, 5.74) is -0.988. The highest BCUT2D eigenvalue weighted by Crippen LogP contribution is 2.34. The lowest BCUT2D eigenvalue weighted by molar-refractivity contribution is -0.114. The zero-order valence-electron chi connectivity index (χ0n) is 11.3. The fraction of sp³-hybridized carbons (Fsp3) is 0.700. The van der Waals surface area contributed by atoms with Gasteiger partial charge in [-0.05, 0) is 5.92 Å². The predicted molar refractivity (Wildman–Crippen MR) is 72.8 cm³/mol. The molecule has 0 bridgehead atoms. The molecule has 2 heterocycles. The predicted octanol–water partition coefficient (Wildman–Crippen LogP) is -0.112. The highest BCUT2D eigenvalue weighted by molar-refractivity contribution is 7.91. The van der Waals surface area contributed by atoms with Crippen LogP contribution in [0.1, 0.15) is 20.8 Å². The molecule has 0 aromatic carbocycles. The Morgan fingerprint density at radius 1 is 1.45 bits per heavy atom. The Kier molecular flexibility index (Phi) is 3.84. The number of aromatic nitrogens is 2. The van der Waals surface area contributed by atoms with E-state index in [-0.39, 0.29) is 34.4 Å². The second-order valence-corrected chi connectivity index (χ2v) is 8.17. The molecule has 0 spiro atoms. The Morgan fingerprint density at radius 3 is 2.55 bits per heavy atom. The standard InChI is InChI=1S/C10H16N4O4S2/c1-6(2)10(16)4-14(5-10)20(17,18)9-13-12-8(19-9)11-7(3)15/h6,16H,4-5H2,1-3H3,(H,11,12,15). The number of β-amino-alcohol motifs (C(OH)–C–C–N with tert-alkyl or cyclic N) is 1. The van der Waals surface area contributed by atoms with Crippen molar-refractivity contribution in [3.63, 3.8) is 0 Å². The summed E-state index contributed by atoms with van der Waals surface area (Å²) in [7, 11) is -3.75. The summed E-state index contributed by atoms with van der Waals surface area (Å²) < 4.78 is 25.4. The lowest BCUT2D eigenvalue weighted by atomic mass is 9.85. The monoisotopic (exact) mass is 320 g/mol. The second kappa shape index (κ2) is 5.02. The molecule has 1 aliphatic rings. The molecule has 10 heteroatoms. The van der Waals surface area contributed by atoms with Gasteiger partial charge in [0.05, 0.1) is 5.60 Å². The maximum Gasteiger partial charge on any atom is 0.272 e. The summed E-state index contributed by atoms with van der Waals surface area (Å²) in [6, 6.07) is 0. The van der Waals surface area contributed by atoms with Gasteiger partial charge < -0.3 is 10.4 Å². The smallest absolute Gasteiger partial charge is 0.272 e. The topological polar surface area (TPSA) is 112 Å². The Balaban J connectivity index is 2.13. The molecule has 0 radical (unpaired) electrons. The molecule has 1 aromatic heterocycles. The summed E-state index contributed by atoms with van der Waals surface area (Å²) in [6.45, 7) is 5.06. The molecular weight excluding hydrogens is 304 g/mol. The normalized spacial score (nSPS) is 18.9. The molecule has 20 heavy (non-hydrogen) atoms. The van der Waals surface area contributed by atoms with Crippen molar-refractivity contribution in [2.75, 3.05) is 18.4 Å². The first-order valence-electron chi connectivity index (χ1n) is 5.99. The molecule has 0 atom stereocenters. The number of carbonyl (C=O) groups excluding carboxylic acids is 1. The van der Waals surface area contributed by atoms with Crippen molar-refractivity contribution in [2.24, 2.45) is 5.92 Å². The van der Waals surface area contributed by atoms with E-state index in [2.05, 4.69) is 15.5 Å². The first-order chi connectivity index (χ1) is 9.15. The molecule has 0 saturated carbocycles. The van der Waals surface area contributed by atoms with Gasteiger partial charge >= 0.3 is 0 Å². The van der Waals surface area contributed by atoms with Crippen LogP contribution in [0.3, 0.4) is 0 Å². The fourth-order valence-corrected chi connectivity index (χ4v) is 4.37. The van der Waals surface area contributed by atoms with E-state index >= 15 is 0 Å². The van der Waals surface area contributed by atoms with E-state index in [0.717, 1.165) is 15.6 Å². The third-order valence-electron chi connectivity index (χ3n) is 3.23. The summed E-state index contributed by atoms with van der Waals surface area (Å²) in [4.78, 5) is 10.9. The molecule has 2 rings (SSSR count). The Labute approximate surface area is 120 Å². The number of anilines is 1. The third-order valence-corrected chi connectivity index (χ3v) is 6.20. The zero-order chi connectivity index (χ0) is 15.1. The van der Waals surface area contributed by atoms with Crippen LogP contribution in [-0.4, -0.2) is 52.6 Å². The van der Waals surface area contributed by atoms with E-state index in [1.54, 1.807) is 0 Å². The van der Waals surface area contributed by atoms with Gasteiger partial charge in [0.1, 0.15) is 0 Å². The van der Waals surface area contributed by atoms with E-state index in [9.17, 15) is 18.3 Å². The number of sulfonamides is 1. The summed E-state index contributed by atoms with van der Waals surface area (Å²) in [6.07, 6.45) is 0. The van der Waals surface area contributed by atoms with Gasteiger partial charge in [-0.2, -0.15) is 4.31 Å². The first kappa shape index (κ1) is 15.3. The van der Waals surface area contributed by atoms with Crippen molar-refractivity contribution in [1.29, 1.82) is 0 Å². The molecule has 8 nitrogen and oxygen atoms in total. The van der Waals surface area contributed by atoms with Gasteiger partial charge in [0.25, 0.3) is 10.0 Å². The first-order valence-corrected chi connectivity index (χ1v) is 8.24. The number of nitrogens with zero attached hydrogens (tertiary/aromatic N) is 3. The number of aliphatic hydroxyl groups is 1. The van der Waals surface area contributed by atoms with Crippen molar-refractivity contribution < 1.29 is 18.3 Å². The van der Waals surface area contributed by atoms with Crippen molar-refractivity contribution in [3.05, 3.63) is 0 Å². The molecule has 2 N–H and O–H groups in total. The van der Waals surface area contributed by atoms with Gasteiger partial charge in [0, 0.05) is 20.0 Å². The van der Waals surface area contributed by atoms with Crippen molar-refractivity contribution in [3.8, 4) is 0 Å². The lowest BCUT2D eigenvalue weighted by Gasteiger charge is -2.47. The number of nitrogens with one attached hydrogen (secondary N) is 1. The van der Waals surface area contributed by atoms with E-state index in [0.29, 0.717) is 0 Å². The second-order valence-electron chi connectivity index (χ2n) is 5.09. The highest BCUT2D eigenvalue weighted by atomic mass is 32.2. The molecule has 112 valence electrons. The number of hydrogen-bond donors (Lipinski definition) is 2. The van der Waals surface area contributed by atoms with Crippen LogP contribution in [0.5, 0.6) is 0 Å². The van der Waals surface area contributed by atoms with Gasteiger partial charge in [-0.25, -0.2) is 8.42 Å². The molecule has 1 aromatic rings. The fourth-order valence-electron chi connectivity index (χ4n) is 1.73. The van der Waals surface area contributed by atoms with Crippen molar-refractivity contribution in [2.45, 2.75) is 30.7 Å². The molecule has 1 aliphatic heterocycles. The van der Waals surface area contributed by atoms with Crippen LogP contribution in [0.2, 0.25) is 0 Å². The van der Waals surface area contributed by atoms with Crippen molar-refractivity contribution >= 4 is 32.4 Å². The summed E-state index contributed by atoms with van der Waals surface area (Å²) >= 11 is 0.789. The quantitative estimate of drug-likeness (QED) is 0.748. The SMILES string of the molecule is CC(=O)Nc1nnc(S(=O)(=O)N2CC(O)(C(C)C)C2)s1. The van der Waals surface area contributed by atoms with Crippen LogP contribution in [0.4, 0.5) is 5.13 Å². The van der Waals surface area contributed by atoms with Crippen LogP contribution in [0.25, 0.3) is 0 Å². The Morgan fingerprint density at radius 2 is 2.05 bits per heavy atom. The van der Waals surface area contributed by atoms with E-state index in [1.807, 2.05) is 13.8 Å². The highest BCUT2D eigenvalue weighted by Gasteiger charge is 2.50. The number of rotatable bonds is 4. The van der Waals surface area contributed by atoms with Crippen molar-refractivity contribution in [1.82, 2.24) is 14.5 Å². The molecule has 1 saturated heterocycles. The maximum absolute atomic E-state index is 12.2. The number of amides is 1. The minimum absolute atomic E-state index is 0.0293. The number of hydrogen-bond acceptors (Lipinski definition) is 7. The molecular formula is C10H16N4O4S2. The van der Waals surface area contributed by atoms with Gasteiger partial charge in [0.15, 0.2) is 0 Å². The third kappa shape index (κ3) is 2.68. The van der Waals surface area contributed by atoms with Gasteiger partial charge in [0.2, 0.25) is 15.4 Å². The Bertz CT molecular complexity index is 619. The van der Waals surface area contributed by atoms with Gasteiger partial charge in [-0.15, -0.1) is 10.2 Å². The van der Waals surface area contributed by atoms with Crippen LogP contribution in [0, 0.1) is 5.92 Å². The van der Waals surface area contributed by atoms with Crippen LogP contribution >= 0.6 is 11.3 Å². The van der Waals surface area contributed by atoms with Crippen LogP contribution in [0.15, 0.2) is 4.34 Å².